The van der Waals surface area contributed by atoms with Gasteiger partial charge in [0.05, 0.1) is 5.41 Å². The third-order valence-electron chi connectivity index (χ3n) is 7.22. The van der Waals surface area contributed by atoms with Crippen molar-refractivity contribution in [1.82, 2.24) is 10.2 Å². The number of amides is 2. The summed E-state index contributed by atoms with van der Waals surface area (Å²) >= 11 is 0. The lowest BCUT2D eigenvalue weighted by molar-refractivity contribution is -0.144. The highest BCUT2D eigenvalue weighted by atomic mass is 16.2. The lowest BCUT2D eigenvalue weighted by Gasteiger charge is -2.42. The van der Waals surface area contributed by atoms with Crippen LogP contribution in [-0.4, -0.2) is 36.3 Å². The van der Waals surface area contributed by atoms with E-state index in [1.165, 1.54) is 16.7 Å². The molecule has 4 nitrogen and oxygen atoms in total. The minimum Gasteiger partial charge on any atom is -0.352 e. The number of piperidine rings is 1. The van der Waals surface area contributed by atoms with Crippen LogP contribution >= 0.6 is 0 Å². The Bertz CT molecular complexity index is 967. The maximum Gasteiger partial charge on any atom is 0.226 e. The SMILES string of the molecule is C=CCNC(=O)C1(Cc2ccc(-c3cccc(C)c3)cc2)CCN(C(=O)C2CCC2)CC1. The Morgan fingerprint density at radius 3 is 2.41 bits per heavy atom. The topological polar surface area (TPSA) is 49.4 Å². The van der Waals surface area contributed by atoms with E-state index in [0.29, 0.717) is 44.8 Å². The second-order valence-corrected chi connectivity index (χ2v) is 9.48. The van der Waals surface area contributed by atoms with Crippen LogP contribution in [-0.2, 0) is 16.0 Å². The van der Waals surface area contributed by atoms with E-state index < -0.39 is 5.41 Å². The number of hydrogen-bond acceptors (Lipinski definition) is 2. The number of hydrogen-bond donors (Lipinski definition) is 1. The van der Waals surface area contributed by atoms with Gasteiger partial charge in [0.15, 0.2) is 0 Å². The summed E-state index contributed by atoms with van der Waals surface area (Å²) in [6, 6.07) is 17.1. The van der Waals surface area contributed by atoms with Gasteiger partial charge in [-0.1, -0.05) is 66.6 Å². The first-order valence-corrected chi connectivity index (χ1v) is 11.8. The van der Waals surface area contributed by atoms with Crippen LogP contribution in [0.15, 0.2) is 61.2 Å². The molecule has 1 saturated heterocycles. The molecule has 2 aliphatic rings. The summed E-state index contributed by atoms with van der Waals surface area (Å²) in [6.07, 6.45) is 7.02. The summed E-state index contributed by atoms with van der Waals surface area (Å²) in [5.41, 5.74) is 4.31. The van der Waals surface area contributed by atoms with Crippen molar-refractivity contribution in [3.63, 3.8) is 0 Å². The van der Waals surface area contributed by atoms with E-state index in [1.807, 2.05) is 4.90 Å². The molecule has 32 heavy (non-hydrogen) atoms. The molecular weight excluding hydrogens is 396 g/mol. The molecule has 2 aromatic rings. The summed E-state index contributed by atoms with van der Waals surface area (Å²) in [5.74, 6) is 0.584. The second-order valence-electron chi connectivity index (χ2n) is 9.48. The van der Waals surface area contributed by atoms with Crippen LogP contribution in [0.5, 0.6) is 0 Å². The van der Waals surface area contributed by atoms with E-state index in [9.17, 15) is 9.59 Å². The van der Waals surface area contributed by atoms with Crippen LogP contribution in [0, 0.1) is 18.3 Å². The van der Waals surface area contributed by atoms with Crippen LogP contribution in [0.1, 0.15) is 43.2 Å². The molecule has 2 aromatic carbocycles. The van der Waals surface area contributed by atoms with Crippen molar-refractivity contribution >= 4 is 11.8 Å². The van der Waals surface area contributed by atoms with Gasteiger partial charge in [0, 0.05) is 25.6 Å². The third-order valence-corrected chi connectivity index (χ3v) is 7.22. The average molecular weight is 431 g/mol. The molecule has 2 amide bonds. The van der Waals surface area contributed by atoms with Crippen LogP contribution in [0.2, 0.25) is 0 Å². The number of rotatable bonds is 7. The maximum atomic E-state index is 13.2. The van der Waals surface area contributed by atoms with Crippen LogP contribution in [0.3, 0.4) is 0 Å². The number of likely N-dealkylation sites (tertiary alicyclic amines) is 1. The van der Waals surface area contributed by atoms with Gasteiger partial charge < -0.3 is 10.2 Å². The Morgan fingerprint density at radius 1 is 1.09 bits per heavy atom. The Kier molecular flexibility index (Phi) is 6.78. The zero-order valence-corrected chi connectivity index (χ0v) is 19.1. The molecular formula is C28H34N2O2. The highest BCUT2D eigenvalue weighted by molar-refractivity contribution is 5.84. The largest absolute Gasteiger partial charge is 0.352 e. The first-order valence-electron chi connectivity index (χ1n) is 11.8. The minimum atomic E-state index is -0.482. The van der Waals surface area contributed by atoms with Crippen molar-refractivity contribution in [2.45, 2.75) is 45.4 Å². The monoisotopic (exact) mass is 430 g/mol. The lowest BCUT2D eigenvalue weighted by atomic mass is 9.72. The van der Waals surface area contributed by atoms with Gasteiger partial charge in [-0.3, -0.25) is 9.59 Å². The molecule has 0 unspecified atom stereocenters. The van der Waals surface area contributed by atoms with Gasteiger partial charge in [0.2, 0.25) is 11.8 Å². The highest BCUT2D eigenvalue weighted by Crippen LogP contribution is 2.38. The highest BCUT2D eigenvalue weighted by Gasteiger charge is 2.43. The zero-order chi connectivity index (χ0) is 22.6. The molecule has 0 bridgehead atoms. The Labute approximate surface area is 191 Å². The molecule has 1 N–H and O–H groups in total. The van der Waals surface area contributed by atoms with Crippen LogP contribution < -0.4 is 5.32 Å². The number of benzene rings is 2. The van der Waals surface area contributed by atoms with Gasteiger partial charge in [0.1, 0.15) is 0 Å². The average Bonchev–Trinajstić information content (AvgIpc) is 2.77. The van der Waals surface area contributed by atoms with Gasteiger partial charge in [-0.25, -0.2) is 0 Å². The number of carbonyl (C=O) groups is 2. The fraction of sp³-hybridized carbons (Fsp3) is 0.429. The predicted molar refractivity (Wildman–Crippen MR) is 129 cm³/mol. The molecule has 2 fully saturated rings. The third kappa shape index (κ3) is 4.79. The standard InChI is InChI=1S/C28H34N2O2/c1-3-16-29-27(32)28(14-17-30(18-15-28)26(31)24-7-5-8-24)20-22-10-12-23(13-11-22)25-9-4-6-21(2)19-25/h3-4,6,9-13,19,24H,1,5,7-8,14-18,20H2,2H3,(H,29,32). The number of aryl methyl sites for hydroxylation is 1. The second kappa shape index (κ2) is 9.72. The molecule has 0 radical (unpaired) electrons. The molecule has 1 saturated carbocycles. The van der Waals surface area contributed by atoms with Crippen LogP contribution in [0.4, 0.5) is 0 Å². The van der Waals surface area contributed by atoms with Gasteiger partial charge in [0.25, 0.3) is 0 Å². The van der Waals surface area contributed by atoms with Crippen molar-refractivity contribution < 1.29 is 9.59 Å². The van der Waals surface area contributed by atoms with Crippen molar-refractivity contribution in [2.75, 3.05) is 19.6 Å². The van der Waals surface area contributed by atoms with Crippen molar-refractivity contribution in [3.05, 3.63) is 72.3 Å². The predicted octanol–water partition coefficient (Wildman–Crippen LogP) is 4.92. The Hall–Kier alpha value is -2.88. The molecule has 1 aliphatic carbocycles. The molecule has 0 spiro atoms. The van der Waals surface area contributed by atoms with Crippen molar-refractivity contribution in [2.24, 2.45) is 11.3 Å². The molecule has 1 heterocycles. The van der Waals surface area contributed by atoms with Gasteiger partial charge >= 0.3 is 0 Å². The molecule has 4 heteroatoms. The van der Waals surface area contributed by atoms with Crippen molar-refractivity contribution in [1.29, 1.82) is 0 Å². The number of carbonyl (C=O) groups excluding carboxylic acids is 2. The molecule has 0 atom stereocenters. The van der Waals surface area contributed by atoms with E-state index in [-0.39, 0.29) is 11.8 Å². The Morgan fingerprint density at radius 2 is 1.81 bits per heavy atom. The van der Waals surface area contributed by atoms with Crippen LogP contribution in [0.25, 0.3) is 11.1 Å². The van der Waals surface area contributed by atoms with Gasteiger partial charge in [-0.05, 0) is 55.7 Å². The molecule has 168 valence electrons. The number of nitrogens with zero attached hydrogens (tertiary/aromatic N) is 1. The van der Waals surface area contributed by atoms with E-state index in [0.717, 1.165) is 24.8 Å². The lowest BCUT2D eigenvalue weighted by Crippen LogP contribution is -2.52. The fourth-order valence-corrected chi connectivity index (χ4v) is 4.94. The van der Waals surface area contributed by atoms with Gasteiger partial charge in [-0.15, -0.1) is 6.58 Å². The summed E-state index contributed by atoms with van der Waals surface area (Å²) in [4.78, 5) is 27.9. The first kappa shape index (κ1) is 22.3. The normalized spacial score (nSPS) is 18.0. The Balaban J connectivity index is 1.49. The van der Waals surface area contributed by atoms with Gasteiger partial charge in [-0.2, -0.15) is 0 Å². The summed E-state index contributed by atoms with van der Waals surface area (Å²) < 4.78 is 0. The molecule has 4 rings (SSSR count). The summed E-state index contributed by atoms with van der Waals surface area (Å²) in [5, 5.41) is 3.04. The quantitative estimate of drug-likeness (QED) is 0.634. The van der Waals surface area contributed by atoms with E-state index >= 15 is 0 Å². The smallest absolute Gasteiger partial charge is 0.226 e. The molecule has 0 aromatic heterocycles. The number of nitrogens with one attached hydrogen (secondary N) is 1. The maximum absolute atomic E-state index is 13.2. The zero-order valence-electron chi connectivity index (χ0n) is 19.1. The van der Waals surface area contributed by atoms with E-state index in [1.54, 1.807) is 6.08 Å². The summed E-state index contributed by atoms with van der Waals surface area (Å²) in [6.45, 7) is 7.63. The molecule has 1 aliphatic heterocycles. The van der Waals surface area contributed by atoms with Crippen molar-refractivity contribution in [3.8, 4) is 11.1 Å². The first-order chi connectivity index (χ1) is 15.5. The minimum absolute atomic E-state index is 0.0795. The summed E-state index contributed by atoms with van der Waals surface area (Å²) in [7, 11) is 0. The van der Waals surface area contributed by atoms with E-state index in [2.05, 4.69) is 67.4 Å². The van der Waals surface area contributed by atoms with E-state index in [4.69, 9.17) is 0 Å². The fourth-order valence-electron chi connectivity index (χ4n) is 4.94.